The molecule has 0 spiro atoms. The van der Waals surface area contributed by atoms with E-state index in [1.165, 1.54) is 12.4 Å². The minimum absolute atomic E-state index is 0.0380. The number of aliphatic hydroxyl groups excluding tert-OH is 1. The van der Waals surface area contributed by atoms with E-state index in [0.29, 0.717) is 5.56 Å². The molecule has 21 heavy (non-hydrogen) atoms. The Morgan fingerprint density at radius 2 is 1.95 bits per heavy atom. The summed E-state index contributed by atoms with van der Waals surface area (Å²) in [6.45, 7) is 3.25. The van der Waals surface area contributed by atoms with Gasteiger partial charge in [-0.2, -0.15) is 10.2 Å². The van der Waals surface area contributed by atoms with Crippen LogP contribution in [0.25, 0.3) is 5.76 Å². The maximum atomic E-state index is 12.0. The van der Waals surface area contributed by atoms with Crippen molar-refractivity contribution in [3.05, 3.63) is 29.1 Å². The van der Waals surface area contributed by atoms with E-state index in [1.807, 2.05) is 0 Å². The number of nitrogens with zero attached hydrogens (tertiary/aromatic N) is 2. The molecule has 114 valence electrons. The normalized spacial score (nSPS) is 12.6. The summed E-state index contributed by atoms with van der Waals surface area (Å²) < 4.78 is 2.60. The van der Waals surface area contributed by atoms with E-state index in [9.17, 15) is 9.90 Å². The molecule has 0 bridgehead atoms. The first-order valence-corrected chi connectivity index (χ1v) is 6.87. The second-order valence-electron chi connectivity index (χ2n) is 3.90. The van der Waals surface area contributed by atoms with Crippen LogP contribution in [0.4, 0.5) is 0 Å². The number of nitrogens with one attached hydrogen (secondary N) is 1. The van der Waals surface area contributed by atoms with E-state index in [0.717, 1.165) is 0 Å². The van der Waals surface area contributed by atoms with E-state index in [1.54, 1.807) is 13.8 Å². The SMILES string of the molecule is CCOC(=O)/C(C(=N)C(Cl)(Cl)Cl)=C(/O)c1cnncc1C. The maximum absolute atomic E-state index is 12.0. The van der Waals surface area contributed by atoms with Crippen molar-refractivity contribution in [2.24, 2.45) is 0 Å². The number of hydrogen-bond acceptors (Lipinski definition) is 6. The van der Waals surface area contributed by atoms with Crippen molar-refractivity contribution in [2.75, 3.05) is 6.61 Å². The molecule has 6 nitrogen and oxygen atoms in total. The van der Waals surface area contributed by atoms with Gasteiger partial charge in [0, 0.05) is 5.56 Å². The van der Waals surface area contributed by atoms with Crippen LogP contribution in [0.15, 0.2) is 18.0 Å². The number of aliphatic hydroxyl groups is 1. The molecule has 1 aromatic heterocycles. The van der Waals surface area contributed by atoms with Crippen LogP contribution < -0.4 is 0 Å². The van der Waals surface area contributed by atoms with Gasteiger partial charge in [-0.1, -0.05) is 34.8 Å². The summed E-state index contributed by atoms with van der Waals surface area (Å²) in [5.41, 5.74) is -0.513. The number of esters is 1. The number of aryl methyl sites for hydroxylation is 1. The quantitative estimate of drug-likeness (QED) is 0.285. The number of carbonyl (C=O) groups excluding carboxylic acids is 1. The van der Waals surface area contributed by atoms with Gasteiger partial charge in [-0.25, -0.2) is 4.79 Å². The van der Waals surface area contributed by atoms with E-state index in [-0.39, 0.29) is 12.2 Å². The molecule has 0 saturated heterocycles. The van der Waals surface area contributed by atoms with Gasteiger partial charge in [0.05, 0.1) is 19.0 Å². The number of aromatic nitrogens is 2. The summed E-state index contributed by atoms with van der Waals surface area (Å²) in [6.07, 6.45) is 2.61. The zero-order valence-electron chi connectivity index (χ0n) is 11.2. The lowest BCUT2D eigenvalue weighted by Crippen LogP contribution is -2.27. The second-order valence-corrected chi connectivity index (χ2v) is 6.18. The molecule has 9 heteroatoms. The molecule has 2 N–H and O–H groups in total. The van der Waals surface area contributed by atoms with Crippen LogP contribution in [-0.4, -0.2) is 37.4 Å². The largest absolute Gasteiger partial charge is 0.506 e. The van der Waals surface area contributed by atoms with E-state index in [4.69, 9.17) is 44.9 Å². The van der Waals surface area contributed by atoms with Crippen LogP contribution in [0.2, 0.25) is 0 Å². The Kier molecular flexibility index (Phi) is 5.95. The highest BCUT2D eigenvalue weighted by molar-refractivity contribution is 6.78. The van der Waals surface area contributed by atoms with Crippen LogP contribution in [0.5, 0.6) is 0 Å². The first kappa shape index (κ1) is 17.7. The van der Waals surface area contributed by atoms with Crippen molar-refractivity contribution in [2.45, 2.75) is 17.6 Å². The number of ether oxygens (including phenoxy) is 1. The van der Waals surface area contributed by atoms with Crippen molar-refractivity contribution in [3.8, 4) is 0 Å². The zero-order valence-corrected chi connectivity index (χ0v) is 13.4. The molecule has 0 aliphatic heterocycles. The van der Waals surface area contributed by atoms with E-state index >= 15 is 0 Å². The highest BCUT2D eigenvalue weighted by Gasteiger charge is 2.36. The standard InChI is InChI=1S/C12H12Cl3N3O3/c1-3-21-11(20)8(10(16)12(13,14)15)9(19)7-5-18-17-4-6(7)2/h4-5,16,19H,3H2,1-2H3/b9-8+,16-10?. The van der Waals surface area contributed by atoms with Crippen molar-refractivity contribution in [1.82, 2.24) is 10.2 Å². The molecule has 0 saturated carbocycles. The predicted octanol–water partition coefficient (Wildman–Crippen LogP) is 3.01. The highest BCUT2D eigenvalue weighted by Crippen LogP contribution is 2.33. The predicted molar refractivity (Wildman–Crippen MR) is 81.0 cm³/mol. The van der Waals surface area contributed by atoms with Gasteiger partial charge in [0.2, 0.25) is 3.79 Å². The third-order valence-electron chi connectivity index (χ3n) is 2.43. The molecule has 0 fully saturated rings. The lowest BCUT2D eigenvalue weighted by molar-refractivity contribution is -0.137. The molecule has 0 amide bonds. The number of alkyl halides is 3. The molecule has 1 heterocycles. The molecule has 0 aliphatic rings. The van der Waals surface area contributed by atoms with Crippen molar-refractivity contribution in [3.63, 3.8) is 0 Å². The fraction of sp³-hybridized carbons (Fsp3) is 0.333. The average molecular weight is 353 g/mol. The molecule has 0 aromatic carbocycles. The summed E-state index contributed by atoms with van der Waals surface area (Å²) in [5.74, 6) is -1.53. The zero-order chi connectivity index (χ0) is 16.2. The van der Waals surface area contributed by atoms with Crippen LogP contribution in [0.1, 0.15) is 18.1 Å². The molecule has 1 rings (SSSR count). The van der Waals surface area contributed by atoms with Crippen molar-refractivity contribution in [1.29, 1.82) is 5.41 Å². The summed E-state index contributed by atoms with van der Waals surface area (Å²) in [5, 5.41) is 25.3. The fourth-order valence-electron chi connectivity index (χ4n) is 1.43. The Hall–Kier alpha value is -1.37. The fourth-order valence-corrected chi connectivity index (χ4v) is 1.71. The minimum Gasteiger partial charge on any atom is -0.506 e. The van der Waals surface area contributed by atoms with Crippen LogP contribution in [0, 0.1) is 12.3 Å². The first-order valence-electron chi connectivity index (χ1n) is 5.74. The Morgan fingerprint density at radius 1 is 1.38 bits per heavy atom. The van der Waals surface area contributed by atoms with E-state index in [2.05, 4.69) is 10.2 Å². The molecule has 0 aliphatic carbocycles. The highest BCUT2D eigenvalue weighted by atomic mass is 35.6. The number of rotatable bonds is 4. The average Bonchev–Trinajstić information content (AvgIpc) is 2.38. The Labute approximate surface area is 136 Å². The van der Waals surface area contributed by atoms with Gasteiger partial charge < -0.3 is 9.84 Å². The smallest absolute Gasteiger partial charge is 0.343 e. The summed E-state index contributed by atoms with van der Waals surface area (Å²) in [7, 11) is 0. The van der Waals surface area contributed by atoms with Crippen molar-refractivity contribution < 1.29 is 14.6 Å². The molecule has 0 atom stereocenters. The first-order chi connectivity index (χ1) is 9.70. The summed E-state index contributed by atoms with van der Waals surface area (Å²) >= 11 is 16.9. The van der Waals surface area contributed by atoms with Gasteiger partial charge in [0.1, 0.15) is 17.0 Å². The molecule has 0 radical (unpaired) electrons. The lowest BCUT2D eigenvalue weighted by atomic mass is 10.0. The Balaban J connectivity index is 3.48. The summed E-state index contributed by atoms with van der Waals surface area (Å²) in [4.78, 5) is 12.0. The minimum atomic E-state index is -2.19. The van der Waals surface area contributed by atoms with Gasteiger partial charge in [0.25, 0.3) is 0 Å². The summed E-state index contributed by atoms with van der Waals surface area (Å²) in [6, 6.07) is 0. The topological polar surface area (TPSA) is 96.2 Å². The maximum Gasteiger partial charge on any atom is 0.343 e. The number of halogens is 3. The van der Waals surface area contributed by atoms with Crippen LogP contribution in [0.3, 0.4) is 0 Å². The molecule has 1 aromatic rings. The third kappa shape index (κ3) is 4.30. The molecule has 0 unspecified atom stereocenters. The second kappa shape index (κ2) is 7.06. The van der Waals surface area contributed by atoms with Gasteiger partial charge in [0.15, 0.2) is 0 Å². The number of hydrogen-bond donors (Lipinski definition) is 2. The van der Waals surface area contributed by atoms with Crippen LogP contribution in [-0.2, 0) is 9.53 Å². The molecular weight excluding hydrogens is 341 g/mol. The van der Waals surface area contributed by atoms with Crippen molar-refractivity contribution >= 4 is 52.2 Å². The lowest BCUT2D eigenvalue weighted by Gasteiger charge is -2.17. The molecular formula is C12H12Cl3N3O3. The van der Waals surface area contributed by atoms with Gasteiger partial charge in [-0.15, -0.1) is 0 Å². The van der Waals surface area contributed by atoms with Gasteiger partial charge >= 0.3 is 5.97 Å². The Morgan fingerprint density at radius 3 is 2.43 bits per heavy atom. The number of carbonyl (C=O) groups is 1. The van der Waals surface area contributed by atoms with E-state index < -0.39 is 26.8 Å². The van der Waals surface area contributed by atoms with Gasteiger partial charge in [-0.05, 0) is 19.4 Å². The Bertz CT molecular complexity index is 597. The third-order valence-corrected chi connectivity index (χ3v) is 3.00. The van der Waals surface area contributed by atoms with Gasteiger partial charge in [-0.3, -0.25) is 5.41 Å². The monoisotopic (exact) mass is 351 g/mol. The van der Waals surface area contributed by atoms with Crippen LogP contribution >= 0.6 is 34.8 Å².